The molecule has 0 amide bonds. The number of hydrogen-bond acceptors (Lipinski definition) is 4. The Morgan fingerprint density at radius 2 is 1.78 bits per heavy atom. The van der Waals surface area contributed by atoms with Crippen LogP contribution in [0.1, 0.15) is 30.6 Å². The summed E-state index contributed by atoms with van der Waals surface area (Å²) in [5, 5.41) is 24.0. The lowest BCUT2D eigenvalue weighted by atomic mass is 10.0. The van der Waals surface area contributed by atoms with Crippen LogP contribution in [0.2, 0.25) is 0 Å². The minimum absolute atomic E-state index is 0.117. The first kappa shape index (κ1) is 17.1. The van der Waals surface area contributed by atoms with Gasteiger partial charge in [0.1, 0.15) is 0 Å². The molecule has 0 aromatic heterocycles. The molecule has 5 heteroatoms. The topological polar surface area (TPSA) is 75.4 Å². The van der Waals surface area contributed by atoms with Gasteiger partial charge in [0.25, 0.3) is 5.69 Å². The summed E-state index contributed by atoms with van der Waals surface area (Å²) in [5.74, 6) is 0. The number of non-ortho nitro benzene ring substituents is 1. The SMILES string of the molecule is CC(CCc1ccc([N+](=O)[O-])cc1)NC[C@@H](O)c1ccccc1. The van der Waals surface area contributed by atoms with Gasteiger partial charge in [0.2, 0.25) is 0 Å². The maximum absolute atomic E-state index is 10.6. The van der Waals surface area contributed by atoms with Crippen molar-refractivity contribution in [3.8, 4) is 0 Å². The van der Waals surface area contributed by atoms with Gasteiger partial charge in [0.15, 0.2) is 0 Å². The van der Waals surface area contributed by atoms with Crippen molar-refractivity contribution in [1.82, 2.24) is 5.32 Å². The van der Waals surface area contributed by atoms with E-state index in [0.29, 0.717) is 6.54 Å². The fraction of sp³-hybridized carbons (Fsp3) is 0.333. The molecule has 2 N–H and O–H groups in total. The Labute approximate surface area is 136 Å². The Kier molecular flexibility index (Phi) is 6.26. The molecule has 23 heavy (non-hydrogen) atoms. The average Bonchev–Trinajstić information content (AvgIpc) is 2.59. The fourth-order valence-corrected chi connectivity index (χ4v) is 2.38. The van der Waals surface area contributed by atoms with Gasteiger partial charge in [-0.2, -0.15) is 0 Å². The molecule has 5 nitrogen and oxygen atoms in total. The van der Waals surface area contributed by atoms with Crippen molar-refractivity contribution in [2.75, 3.05) is 6.54 Å². The van der Waals surface area contributed by atoms with Gasteiger partial charge < -0.3 is 10.4 Å². The number of nitrogens with zero attached hydrogens (tertiary/aromatic N) is 1. The summed E-state index contributed by atoms with van der Waals surface area (Å²) in [6.07, 6.45) is 1.23. The second kappa shape index (κ2) is 8.41. The van der Waals surface area contributed by atoms with Crippen LogP contribution >= 0.6 is 0 Å². The smallest absolute Gasteiger partial charge is 0.269 e. The molecular weight excluding hydrogens is 292 g/mol. The summed E-state index contributed by atoms with van der Waals surface area (Å²) in [5.41, 5.74) is 2.10. The molecule has 0 bridgehead atoms. The van der Waals surface area contributed by atoms with E-state index in [0.717, 1.165) is 24.0 Å². The number of hydrogen-bond donors (Lipinski definition) is 2. The Balaban J connectivity index is 1.74. The Hall–Kier alpha value is -2.24. The van der Waals surface area contributed by atoms with Crippen molar-refractivity contribution in [3.63, 3.8) is 0 Å². The van der Waals surface area contributed by atoms with Crippen molar-refractivity contribution >= 4 is 5.69 Å². The molecule has 0 aliphatic rings. The lowest BCUT2D eigenvalue weighted by Crippen LogP contribution is -2.30. The van der Waals surface area contributed by atoms with Gasteiger partial charge >= 0.3 is 0 Å². The highest BCUT2D eigenvalue weighted by Gasteiger charge is 2.09. The second-order valence-electron chi connectivity index (χ2n) is 5.70. The molecule has 0 aliphatic carbocycles. The Morgan fingerprint density at radius 3 is 2.39 bits per heavy atom. The summed E-state index contributed by atoms with van der Waals surface area (Å²) in [4.78, 5) is 10.2. The summed E-state index contributed by atoms with van der Waals surface area (Å²) < 4.78 is 0. The minimum Gasteiger partial charge on any atom is -0.387 e. The van der Waals surface area contributed by atoms with Crippen molar-refractivity contribution in [3.05, 3.63) is 75.8 Å². The highest BCUT2D eigenvalue weighted by molar-refractivity contribution is 5.32. The molecule has 0 spiro atoms. The average molecular weight is 314 g/mol. The van der Waals surface area contributed by atoms with E-state index in [2.05, 4.69) is 12.2 Å². The third kappa shape index (κ3) is 5.47. The van der Waals surface area contributed by atoms with Gasteiger partial charge in [0, 0.05) is 24.7 Å². The summed E-state index contributed by atoms with van der Waals surface area (Å²) in [6, 6.07) is 16.5. The van der Waals surface area contributed by atoms with E-state index in [1.807, 2.05) is 30.3 Å². The number of nitro benzene ring substituents is 1. The third-order valence-corrected chi connectivity index (χ3v) is 3.86. The third-order valence-electron chi connectivity index (χ3n) is 3.86. The van der Waals surface area contributed by atoms with Gasteiger partial charge in [-0.3, -0.25) is 10.1 Å². The zero-order valence-corrected chi connectivity index (χ0v) is 13.2. The number of aryl methyl sites for hydroxylation is 1. The molecule has 2 aromatic carbocycles. The predicted octanol–water partition coefficient (Wildman–Crippen LogP) is 3.24. The minimum atomic E-state index is -0.516. The second-order valence-corrected chi connectivity index (χ2v) is 5.70. The van der Waals surface area contributed by atoms with Gasteiger partial charge in [-0.05, 0) is 30.9 Å². The monoisotopic (exact) mass is 314 g/mol. The standard InChI is InChI=1S/C18H22N2O3/c1-14(19-13-18(21)16-5-3-2-4-6-16)7-8-15-9-11-17(12-10-15)20(22)23/h2-6,9-12,14,18-19,21H,7-8,13H2,1H3/t14?,18-/m1/s1. The van der Waals surface area contributed by atoms with E-state index in [-0.39, 0.29) is 16.7 Å². The number of benzene rings is 2. The van der Waals surface area contributed by atoms with Crippen LogP contribution in [0.15, 0.2) is 54.6 Å². The number of rotatable bonds is 8. The lowest BCUT2D eigenvalue weighted by Gasteiger charge is -2.17. The molecule has 1 unspecified atom stereocenters. The Morgan fingerprint density at radius 1 is 1.13 bits per heavy atom. The van der Waals surface area contributed by atoms with Crippen molar-refractivity contribution in [1.29, 1.82) is 0 Å². The van der Waals surface area contributed by atoms with Crippen LogP contribution in [-0.2, 0) is 6.42 Å². The molecule has 2 aromatic rings. The first-order valence-electron chi connectivity index (χ1n) is 7.76. The van der Waals surface area contributed by atoms with Gasteiger partial charge in [-0.25, -0.2) is 0 Å². The van der Waals surface area contributed by atoms with Crippen molar-refractivity contribution < 1.29 is 10.0 Å². The number of nitro groups is 1. The summed E-state index contributed by atoms with van der Waals surface area (Å²) in [7, 11) is 0. The van der Waals surface area contributed by atoms with Crippen LogP contribution in [0, 0.1) is 10.1 Å². The first-order chi connectivity index (χ1) is 11.1. The first-order valence-corrected chi connectivity index (χ1v) is 7.76. The lowest BCUT2D eigenvalue weighted by molar-refractivity contribution is -0.384. The summed E-state index contributed by atoms with van der Waals surface area (Å²) >= 11 is 0. The van der Waals surface area contributed by atoms with Crippen molar-refractivity contribution in [2.24, 2.45) is 0 Å². The molecule has 2 rings (SSSR count). The highest BCUT2D eigenvalue weighted by atomic mass is 16.6. The fourth-order valence-electron chi connectivity index (χ4n) is 2.38. The summed E-state index contributed by atoms with van der Waals surface area (Å²) in [6.45, 7) is 2.58. The van der Waals surface area contributed by atoms with Gasteiger partial charge in [-0.15, -0.1) is 0 Å². The number of nitrogens with one attached hydrogen (secondary N) is 1. The van der Waals surface area contributed by atoms with Crippen LogP contribution in [0.25, 0.3) is 0 Å². The maximum atomic E-state index is 10.6. The Bertz CT molecular complexity index is 614. The molecule has 0 saturated carbocycles. The maximum Gasteiger partial charge on any atom is 0.269 e. The van der Waals surface area contributed by atoms with Crippen LogP contribution in [0.4, 0.5) is 5.69 Å². The van der Waals surface area contributed by atoms with E-state index >= 15 is 0 Å². The molecule has 0 aliphatic heterocycles. The normalized spacial score (nSPS) is 13.5. The molecular formula is C18H22N2O3. The largest absolute Gasteiger partial charge is 0.387 e. The predicted molar refractivity (Wildman–Crippen MR) is 90.3 cm³/mol. The number of aliphatic hydroxyl groups is 1. The quantitative estimate of drug-likeness (QED) is 0.579. The van der Waals surface area contributed by atoms with E-state index in [4.69, 9.17) is 0 Å². The van der Waals surface area contributed by atoms with E-state index < -0.39 is 6.10 Å². The van der Waals surface area contributed by atoms with E-state index in [1.54, 1.807) is 12.1 Å². The van der Waals surface area contributed by atoms with E-state index in [1.165, 1.54) is 12.1 Å². The van der Waals surface area contributed by atoms with Crippen LogP contribution in [0.3, 0.4) is 0 Å². The van der Waals surface area contributed by atoms with Crippen LogP contribution in [0.5, 0.6) is 0 Å². The van der Waals surface area contributed by atoms with Crippen LogP contribution in [-0.4, -0.2) is 22.6 Å². The zero-order valence-electron chi connectivity index (χ0n) is 13.2. The number of aliphatic hydroxyl groups excluding tert-OH is 1. The van der Waals surface area contributed by atoms with Crippen molar-refractivity contribution in [2.45, 2.75) is 31.9 Å². The van der Waals surface area contributed by atoms with Gasteiger partial charge in [-0.1, -0.05) is 42.5 Å². The molecule has 2 atom stereocenters. The van der Waals surface area contributed by atoms with E-state index in [9.17, 15) is 15.2 Å². The van der Waals surface area contributed by atoms with Crippen LogP contribution < -0.4 is 5.32 Å². The molecule has 0 heterocycles. The zero-order chi connectivity index (χ0) is 16.7. The highest BCUT2D eigenvalue weighted by Crippen LogP contribution is 2.14. The van der Waals surface area contributed by atoms with Gasteiger partial charge in [0.05, 0.1) is 11.0 Å². The molecule has 122 valence electrons. The molecule has 0 radical (unpaired) electrons. The molecule has 0 fully saturated rings. The molecule has 0 saturated heterocycles.